The summed E-state index contributed by atoms with van der Waals surface area (Å²) >= 11 is 0. The highest BCUT2D eigenvalue weighted by Crippen LogP contribution is 2.31. The predicted molar refractivity (Wildman–Crippen MR) is 335 cm³/mol. The van der Waals surface area contributed by atoms with E-state index in [9.17, 15) is 81.5 Å². The first-order chi connectivity index (χ1) is 42.2. The molecule has 0 saturated heterocycles. The Balaban J connectivity index is -0.00000103. The average molecular weight is 1340 g/mol. The van der Waals surface area contributed by atoms with Gasteiger partial charge in [0.15, 0.2) is 0 Å². The molecule has 0 unspecified atom stereocenters. The third-order valence-electron chi connectivity index (χ3n) is 12.0. The van der Waals surface area contributed by atoms with E-state index in [2.05, 4.69) is 41.9 Å². The van der Waals surface area contributed by atoms with E-state index < -0.39 is 81.9 Å². The molecule has 92 heavy (non-hydrogen) atoms. The lowest BCUT2D eigenvalue weighted by Crippen LogP contribution is -2.44. The molecule has 15 nitrogen and oxygen atoms in total. The Hall–Kier alpha value is -7.15. The number of carbonyl (C=O) groups is 7. The number of alkyl halides is 7. The van der Waals surface area contributed by atoms with E-state index in [1.807, 2.05) is 39.8 Å². The van der Waals surface area contributed by atoms with Gasteiger partial charge in [0.25, 0.3) is 6.43 Å². The largest absolute Gasteiger partial charge is 0.481 e. The Morgan fingerprint density at radius 3 is 1.28 bits per heavy atom. The number of aliphatic carboxylic acids is 2. The molecule has 25 heteroatoms. The van der Waals surface area contributed by atoms with Crippen molar-refractivity contribution in [1.82, 2.24) is 4.72 Å². The average Bonchev–Trinajstić information content (AvgIpc) is 0.886. The number of benzene rings is 4. The minimum atomic E-state index is -4.40. The molecule has 0 bridgehead atoms. The number of hydrogen-bond acceptors (Lipinski definition) is 11. The fourth-order valence-corrected chi connectivity index (χ4v) is 8.45. The second-order valence-electron chi connectivity index (χ2n) is 24.0. The van der Waals surface area contributed by atoms with E-state index in [0.29, 0.717) is 30.6 Å². The molecule has 0 aliphatic carbocycles. The zero-order valence-corrected chi connectivity index (χ0v) is 56.5. The van der Waals surface area contributed by atoms with Crippen LogP contribution in [0, 0.1) is 59.0 Å². The van der Waals surface area contributed by atoms with E-state index in [1.165, 1.54) is 25.3 Å². The van der Waals surface area contributed by atoms with Gasteiger partial charge < -0.3 is 25.4 Å². The SMILES string of the molecule is CC(C)C(=O)CC(=O)O.CC(C)C(=O)CC(N)=O.CC(C)Cc1cc(C(F)(F)F)ccc1F.CC(C)Cc1ccc(F)c(C(F)F)c1.CC(C)Cc1ccc(OC(F)F)cc1.CC(C)Cc1ccc(S(=O)(=O)N[C@H](C(=O)O)C(C)C)cc1.COC(=O)CC(=O)C(C)C. The molecule has 520 valence electrons. The minimum absolute atomic E-state index is 0.0770. The van der Waals surface area contributed by atoms with Crippen molar-refractivity contribution in [2.45, 2.75) is 186 Å². The summed E-state index contributed by atoms with van der Waals surface area (Å²) < 4.78 is 146. The number of nitrogens with two attached hydrogens (primary N) is 1. The number of primary amides is 1. The second-order valence-corrected chi connectivity index (χ2v) is 25.7. The van der Waals surface area contributed by atoms with Crippen LogP contribution in [0.5, 0.6) is 5.75 Å². The lowest BCUT2D eigenvalue weighted by atomic mass is 10.0. The summed E-state index contributed by atoms with van der Waals surface area (Å²) in [6, 6.07) is 18.6. The molecule has 0 fully saturated rings. The fourth-order valence-electron chi connectivity index (χ4n) is 7.12. The van der Waals surface area contributed by atoms with Crippen molar-refractivity contribution in [1.29, 1.82) is 0 Å². The van der Waals surface area contributed by atoms with Gasteiger partial charge in [0, 0.05) is 17.8 Å². The highest BCUT2D eigenvalue weighted by molar-refractivity contribution is 7.89. The number of carboxylic acid groups (broad SMARTS) is 2. The van der Waals surface area contributed by atoms with Gasteiger partial charge in [-0.3, -0.25) is 33.6 Å². The number of halogens is 9. The van der Waals surface area contributed by atoms with Gasteiger partial charge in [0.05, 0.1) is 29.6 Å². The molecule has 0 aromatic heterocycles. The summed E-state index contributed by atoms with van der Waals surface area (Å²) in [6.07, 6.45) is -4.88. The molecular weight excluding hydrogens is 1240 g/mol. The number of esters is 1. The maximum atomic E-state index is 13.2. The smallest absolute Gasteiger partial charge is 0.416 e. The molecule has 0 aliphatic rings. The Bertz CT molecular complexity index is 2910. The number of carboxylic acids is 2. The molecular formula is C67H95F9N2O13S. The van der Waals surface area contributed by atoms with Crippen molar-refractivity contribution < 1.29 is 101 Å². The molecule has 0 aliphatic heterocycles. The van der Waals surface area contributed by atoms with E-state index in [0.717, 1.165) is 53.8 Å². The van der Waals surface area contributed by atoms with Gasteiger partial charge in [-0.2, -0.15) is 26.7 Å². The summed E-state index contributed by atoms with van der Waals surface area (Å²) in [5.74, 6) is -3.91. The Kier molecular flexibility index (Phi) is 43.7. The van der Waals surface area contributed by atoms with Crippen LogP contribution < -0.4 is 15.2 Å². The zero-order chi connectivity index (χ0) is 72.1. The topological polar surface area (TPSA) is 251 Å². The highest BCUT2D eigenvalue weighted by Gasteiger charge is 2.31. The first-order valence-electron chi connectivity index (χ1n) is 29.6. The molecule has 4 aromatic rings. The fraction of sp³-hybridized carbons (Fsp3) is 0.537. The van der Waals surface area contributed by atoms with Gasteiger partial charge in [0.1, 0.15) is 53.6 Å². The van der Waals surface area contributed by atoms with Gasteiger partial charge >= 0.3 is 30.7 Å². The molecule has 5 N–H and O–H groups in total. The first kappa shape index (κ1) is 89.0. The number of hydrogen-bond donors (Lipinski definition) is 4. The van der Waals surface area contributed by atoms with Gasteiger partial charge in [-0.15, -0.1) is 0 Å². The highest BCUT2D eigenvalue weighted by atomic mass is 32.2. The second kappa shape index (κ2) is 45.2. The van der Waals surface area contributed by atoms with Crippen molar-refractivity contribution in [2.24, 2.45) is 53.1 Å². The molecule has 1 atom stereocenters. The molecule has 4 rings (SSSR count). The number of carbonyl (C=O) groups excluding carboxylic acids is 5. The molecule has 1 amide bonds. The molecule has 0 spiro atoms. The third-order valence-corrected chi connectivity index (χ3v) is 13.4. The van der Waals surface area contributed by atoms with Crippen molar-refractivity contribution in [3.05, 3.63) is 130 Å². The van der Waals surface area contributed by atoms with Gasteiger partial charge in [-0.25, -0.2) is 26.0 Å². The Labute approximate surface area is 536 Å². The number of nitrogens with one attached hydrogen (secondary N) is 1. The van der Waals surface area contributed by atoms with E-state index in [-0.39, 0.29) is 82.4 Å². The van der Waals surface area contributed by atoms with E-state index in [1.54, 1.807) is 85.7 Å². The summed E-state index contributed by atoms with van der Waals surface area (Å²) in [6.45, 7) is 27.0. The standard InChI is InChI=1S/C15H23NO4S.C11H12F4.C11H13F3.C11H14F2O.C7H12O3.C6H11NO2.C6H10O3/c1-10(2)9-12-5-7-13(8-6-12)21(19,20)16-14(11(3)4)15(17)18;1-7(2)5-8-6-9(11(13,14)15)3-4-10(8)12;1-7(2)5-8-3-4-10(12)9(6-8)11(13)14;1-8(2)7-9-3-5-10(6-4-9)14-11(12)13;1-5(2)6(8)4-7(9)10-3;1-4(2)5(8)3-6(7)9;1-4(2)5(7)3-6(8)9/h5-8,10-11,14,16H,9H2,1-4H3,(H,17,18);3-4,6-7H,5H2,1-2H3;3-4,6-7,11H,5H2,1-2H3;3-6,8,11H,7H2,1-2H3;5H,4H2,1-3H3;4H,3H2,1-2H3,(H2,7,9);4H,3H2,1-2H3,(H,8,9)/t14-;;;;;;/m0....../s1. The van der Waals surface area contributed by atoms with Gasteiger partial charge in [-0.05, 0) is 132 Å². The van der Waals surface area contributed by atoms with Gasteiger partial charge in [-0.1, -0.05) is 141 Å². The number of methoxy groups -OCH3 is 1. The number of Topliss-reactive ketones (excluding diaryl/α,β-unsaturated/α-hetero) is 3. The number of ketones is 3. The van der Waals surface area contributed by atoms with Gasteiger partial charge in [0.2, 0.25) is 15.9 Å². The van der Waals surface area contributed by atoms with Crippen molar-refractivity contribution in [3.63, 3.8) is 0 Å². The minimum Gasteiger partial charge on any atom is -0.481 e. The van der Waals surface area contributed by atoms with Crippen LogP contribution in [0.25, 0.3) is 0 Å². The summed E-state index contributed by atoms with van der Waals surface area (Å²) in [4.78, 5) is 73.7. The molecule has 0 heterocycles. The van der Waals surface area contributed by atoms with Crippen molar-refractivity contribution in [2.75, 3.05) is 7.11 Å². The summed E-state index contributed by atoms with van der Waals surface area (Å²) in [5.41, 5.74) is 6.57. The van der Waals surface area contributed by atoms with E-state index in [4.69, 9.17) is 15.9 Å². The van der Waals surface area contributed by atoms with Crippen LogP contribution in [-0.4, -0.2) is 79.6 Å². The van der Waals surface area contributed by atoms with Crippen molar-refractivity contribution in [3.8, 4) is 5.75 Å². The lowest BCUT2D eigenvalue weighted by Gasteiger charge is -2.18. The molecule has 0 radical (unpaired) electrons. The van der Waals surface area contributed by atoms with Crippen LogP contribution in [0.1, 0.15) is 170 Å². The van der Waals surface area contributed by atoms with Crippen LogP contribution in [0.15, 0.2) is 89.8 Å². The van der Waals surface area contributed by atoms with Crippen LogP contribution in [0.3, 0.4) is 0 Å². The Morgan fingerprint density at radius 2 is 0.946 bits per heavy atom. The first-order valence-corrected chi connectivity index (χ1v) is 31.1. The Morgan fingerprint density at radius 1 is 0.543 bits per heavy atom. The maximum absolute atomic E-state index is 13.2. The number of sulfonamides is 1. The molecule has 0 saturated carbocycles. The number of rotatable bonds is 25. The van der Waals surface area contributed by atoms with Crippen molar-refractivity contribution >= 4 is 51.2 Å². The lowest BCUT2D eigenvalue weighted by molar-refractivity contribution is -0.144. The summed E-state index contributed by atoms with van der Waals surface area (Å²) in [7, 11) is -2.55. The van der Waals surface area contributed by atoms with E-state index >= 15 is 0 Å². The quantitative estimate of drug-likeness (QED) is 0.0274. The number of ether oxygens (including phenoxy) is 2. The monoisotopic (exact) mass is 1340 g/mol. The number of amides is 1. The maximum Gasteiger partial charge on any atom is 0.416 e. The normalized spacial score (nSPS) is 11.4. The zero-order valence-electron chi connectivity index (χ0n) is 55.7. The van der Waals surface area contributed by atoms with Crippen LogP contribution >= 0.6 is 0 Å². The third kappa shape index (κ3) is 42.8. The van der Waals surface area contributed by atoms with Crippen LogP contribution in [0.2, 0.25) is 0 Å². The molecule has 4 aromatic carbocycles. The summed E-state index contributed by atoms with van der Waals surface area (Å²) in [5, 5.41) is 17.2. The van der Waals surface area contributed by atoms with Crippen LogP contribution in [0.4, 0.5) is 39.5 Å². The predicted octanol–water partition coefficient (Wildman–Crippen LogP) is 15.3. The van der Waals surface area contributed by atoms with Crippen LogP contribution in [-0.2, 0) is 80.2 Å².